The van der Waals surface area contributed by atoms with Crippen molar-refractivity contribution in [3.63, 3.8) is 0 Å². The summed E-state index contributed by atoms with van der Waals surface area (Å²) in [5.74, 6) is 0.379. The number of piperidine rings is 2. The number of carbonyl (C=O) groups excluding carboxylic acids is 2. The molecule has 0 unspecified atom stereocenters. The van der Waals surface area contributed by atoms with Gasteiger partial charge in [0.15, 0.2) is 5.69 Å². The average molecular weight is 332 g/mol. The van der Waals surface area contributed by atoms with E-state index in [0.717, 1.165) is 51.0 Å². The predicted octanol–water partition coefficient (Wildman–Crippen LogP) is 2.08. The summed E-state index contributed by atoms with van der Waals surface area (Å²) in [6.07, 6.45) is 5.04. The van der Waals surface area contributed by atoms with Crippen molar-refractivity contribution in [3.05, 3.63) is 17.5 Å². The number of aryl methyl sites for hydroxylation is 2. The topological polar surface area (TPSA) is 58.4 Å². The second-order valence-electron chi connectivity index (χ2n) is 6.94. The van der Waals surface area contributed by atoms with Crippen molar-refractivity contribution < 1.29 is 9.59 Å². The molecule has 0 spiro atoms. The van der Waals surface area contributed by atoms with Gasteiger partial charge in [-0.15, -0.1) is 0 Å². The molecule has 0 N–H and O–H groups in total. The van der Waals surface area contributed by atoms with Gasteiger partial charge in [-0.25, -0.2) is 0 Å². The summed E-state index contributed by atoms with van der Waals surface area (Å²) in [6.45, 7) is 7.88. The highest BCUT2D eigenvalue weighted by molar-refractivity contribution is 5.92. The van der Waals surface area contributed by atoms with E-state index in [1.54, 1.807) is 0 Å². The normalized spacial score (nSPS) is 19.6. The van der Waals surface area contributed by atoms with E-state index in [9.17, 15) is 9.59 Å². The van der Waals surface area contributed by atoms with E-state index in [0.29, 0.717) is 24.7 Å². The Morgan fingerprint density at radius 1 is 1.08 bits per heavy atom. The Morgan fingerprint density at radius 3 is 2.33 bits per heavy atom. The number of hydrogen-bond acceptors (Lipinski definition) is 3. The lowest BCUT2D eigenvalue weighted by atomic mass is 9.94. The first-order valence-corrected chi connectivity index (χ1v) is 9.22. The molecule has 0 bridgehead atoms. The van der Waals surface area contributed by atoms with Gasteiger partial charge in [0.1, 0.15) is 0 Å². The van der Waals surface area contributed by atoms with Crippen LogP contribution < -0.4 is 0 Å². The fourth-order valence-corrected chi connectivity index (χ4v) is 3.80. The van der Waals surface area contributed by atoms with E-state index in [1.165, 1.54) is 6.42 Å². The molecule has 1 aromatic heterocycles. The Labute approximate surface area is 143 Å². The molecule has 2 fully saturated rings. The Hall–Kier alpha value is -1.85. The van der Waals surface area contributed by atoms with Gasteiger partial charge in [0.05, 0.1) is 0 Å². The quantitative estimate of drug-likeness (QED) is 0.851. The van der Waals surface area contributed by atoms with Gasteiger partial charge >= 0.3 is 0 Å². The van der Waals surface area contributed by atoms with Crippen molar-refractivity contribution in [3.8, 4) is 0 Å². The molecule has 6 heteroatoms. The lowest BCUT2D eigenvalue weighted by Gasteiger charge is -2.35. The van der Waals surface area contributed by atoms with E-state index in [2.05, 4.69) is 5.10 Å². The standard InChI is InChI=1S/C18H28N4O2/c1-3-22-14(2)13-16(19-22)18(24)21-11-7-15(8-12-21)17(23)20-9-5-4-6-10-20/h13,15H,3-12H2,1-2H3. The molecule has 3 heterocycles. The smallest absolute Gasteiger partial charge is 0.274 e. The minimum absolute atomic E-state index is 0.00540. The Balaban J connectivity index is 1.56. The molecule has 2 aliphatic heterocycles. The second-order valence-corrected chi connectivity index (χ2v) is 6.94. The average Bonchev–Trinajstić information content (AvgIpc) is 3.02. The molecular formula is C18H28N4O2. The molecule has 24 heavy (non-hydrogen) atoms. The molecule has 0 saturated carbocycles. The van der Waals surface area contributed by atoms with Crippen LogP contribution in [0.4, 0.5) is 0 Å². The van der Waals surface area contributed by atoms with Crippen molar-refractivity contribution in [2.24, 2.45) is 5.92 Å². The summed E-state index contributed by atoms with van der Waals surface area (Å²) in [5.41, 5.74) is 1.53. The van der Waals surface area contributed by atoms with Crippen LogP contribution in [0, 0.1) is 12.8 Å². The Morgan fingerprint density at radius 2 is 1.75 bits per heavy atom. The summed E-state index contributed by atoms with van der Waals surface area (Å²) in [5, 5.41) is 4.38. The number of rotatable bonds is 3. The maximum Gasteiger partial charge on any atom is 0.274 e. The Bertz CT molecular complexity index is 596. The van der Waals surface area contributed by atoms with E-state index in [-0.39, 0.29) is 11.8 Å². The first-order valence-electron chi connectivity index (χ1n) is 9.22. The summed E-state index contributed by atoms with van der Waals surface area (Å²) in [7, 11) is 0. The van der Waals surface area contributed by atoms with Crippen LogP contribution in [0.5, 0.6) is 0 Å². The minimum Gasteiger partial charge on any atom is -0.342 e. The van der Waals surface area contributed by atoms with Gasteiger partial charge in [-0.1, -0.05) is 0 Å². The second kappa shape index (κ2) is 7.36. The number of nitrogens with zero attached hydrogens (tertiary/aromatic N) is 4. The first kappa shape index (κ1) is 17.0. The molecule has 2 aliphatic rings. The van der Waals surface area contributed by atoms with Crippen LogP contribution in [-0.2, 0) is 11.3 Å². The zero-order chi connectivity index (χ0) is 17.1. The molecule has 0 radical (unpaired) electrons. The summed E-state index contributed by atoms with van der Waals surface area (Å²) >= 11 is 0. The summed E-state index contributed by atoms with van der Waals surface area (Å²) in [6, 6.07) is 1.86. The van der Waals surface area contributed by atoms with Gasteiger partial charge in [0, 0.05) is 44.3 Å². The van der Waals surface area contributed by atoms with E-state index < -0.39 is 0 Å². The van der Waals surface area contributed by atoms with Crippen molar-refractivity contribution in [1.82, 2.24) is 19.6 Å². The van der Waals surface area contributed by atoms with Gasteiger partial charge in [-0.2, -0.15) is 5.10 Å². The van der Waals surface area contributed by atoms with Crippen molar-refractivity contribution in [2.75, 3.05) is 26.2 Å². The zero-order valence-corrected chi connectivity index (χ0v) is 14.8. The largest absolute Gasteiger partial charge is 0.342 e. The number of likely N-dealkylation sites (tertiary alicyclic amines) is 2. The van der Waals surface area contributed by atoms with Crippen LogP contribution in [0.25, 0.3) is 0 Å². The first-order chi connectivity index (χ1) is 11.6. The molecular weight excluding hydrogens is 304 g/mol. The molecule has 0 aromatic carbocycles. The SMILES string of the molecule is CCn1nc(C(=O)N2CCC(C(=O)N3CCCCC3)CC2)cc1C. The molecule has 0 atom stereocenters. The number of aromatic nitrogens is 2. The van der Waals surface area contributed by atoms with Gasteiger partial charge in [-0.05, 0) is 52.0 Å². The molecule has 2 amide bonds. The van der Waals surface area contributed by atoms with Crippen LogP contribution in [0.15, 0.2) is 6.07 Å². The predicted molar refractivity (Wildman–Crippen MR) is 91.7 cm³/mol. The van der Waals surface area contributed by atoms with Crippen LogP contribution in [-0.4, -0.2) is 57.6 Å². The van der Waals surface area contributed by atoms with Gasteiger partial charge in [0.25, 0.3) is 5.91 Å². The third kappa shape index (κ3) is 3.47. The number of amides is 2. The fourth-order valence-electron chi connectivity index (χ4n) is 3.80. The molecule has 0 aliphatic carbocycles. The van der Waals surface area contributed by atoms with Crippen LogP contribution in [0.3, 0.4) is 0 Å². The summed E-state index contributed by atoms with van der Waals surface area (Å²) < 4.78 is 1.85. The Kier molecular flexibility index (Phi) is 5.21. The molecule has 3 rings (SSSR count). The van der Waals surface area contributed by atoms with Gasteiger partial charge in [-0.3, -0.25) is 14.3 Å². The summed E-state index contributed by atoms with van der Waals surface area (Å²) in [4.78, 5) is 29.1. The monoisotopic (exact) mass is 332 g/mol. The van der Waals surface area contributed by atoms with E-state index in [1.807, 2.05) is 34.4 Å². The maximum absolute atomic E-state index is 12.6. The van der Waals surface area contributed by atoms with Gasteiger partial charge < -0.3 is 9.80 Å². The van der Waals surface area contributed by atoms with E-state index in [4.69, 9.17) is 0 Å². The zero-order valence-electron chi connectivity index (χ0n) is 14.8. The lowest BCUT2D eigenvalue weighted by molar-refractivity contribution is -0.137. The molecule has 132 valence electrons. The highest BCUT2D eigenvalue weighted by Crippen LogP contribution is 2.23. The highest BCUT2D eigenvalue weighted by atomic mass is 16.2. The third-order valence-corrected chi connectivity index (χ3v) is 5.30. The van der Waals surface area contributed by atoms with Crippen LogP contribution >= 0.6 is 0 Å². The van der Waals surface area contributed by atoms with Gasteiger partial charge in [0.2, 0.25) is 5.91 Å². The maximum atomic E-state index is 12.6. The highest BCUT2D eigenvalue weighted by Gasteiger charge is 2.31. The van der Waals surface area contributed by atoms with Crippen LogP contribution in [0.1, 0.15) is 55.2 Å². The third-order valence-electron chi connectivity index (χ3n) is 5.30. The minimum atomic E-state index is -0.00540. The van der Waals surface area contributed by atoms with E-state index >= 15 is 0 Å². The fraction of sp³-hybridized carbons (Fsp3) is 0.722. The molecule has 1 aromatic rings. The van der Waals surface area contributed by atoms with Crippen molar-refractivity contribution in [1.29, 1.82) is 0 Å². The van der Waals surface area contributed by atoms with Crippen molar-refractivity contribution >= 4 is 11.8 Å². The van der Waals surface area contributed by atoms with Crippen LogP contribution in [0.2, 0.25) is 0 Å². The molecule has 6 nitrogen and oxygen atoms in total. The van der Waals surface area contributed by atoms with Crippen molar-refractivity contribution in [2.45, 2.75) is 52.5 Å². The number of carbonyl (C=O) groups is 2. The molecule has 2 saturated heterocycles. The lowest BCUT2D eigenvalue weighted by Crippen LogP contribution is -2.45. The number of hydrogen-bond donors (Lipinski definition) is 0.